The number of hydrogen-bond donors (Lipinski definition) is 0. The van der Waals surface area contributed by atoms with Crippen LogP contribution < -0.4 is 9.84 Å². The van der Waals surface area contributed by atoms with Gasteiger partial charge < -0.3 is 14.6 Å². The zero-order valence-corrected chi connectivity index (χ0v) is 20.1. The minimum atomic E-state index is -1.29. The largest absolute Gasteiger partial charge is 0.550 e. The summed E-state index contributed by atoms with van der Waals surface area (Å²) in [4.78, 5) is 28.3. The first-order valence-electron chi connectivity index (χ1n) is 10.4. The Morgan fingerprint density at radius 1 is 1.18 bits per heavy atom. The summed E-state index contributed by atoms with van der Waals surface area (Å²) in [5.41, 5.74) is 2.89. The van der Waals surface area contributed by atoms with Crippen LogP contribution in [0.25, 0.3) is 10.9 Å². The molecule has 0 radical (unpaired) electrons. The number of pyridine rings is 1. The third kappa shape index (κ3) is 5.17. The third-order valence-electron chi connectivity index (χ3n) is 5.33. The van der Waals surface area contributed by atoms with E-state index in [4.69, 9.17) is 16.3 Å². The lowest BCUT2D eigenvalue weighted by atomic mass is 9.98. The molecule has 2 heterocycles. The van der Waals surface area contributed by atoms with Gasteiger partial charge in [-0.25, -0.2) is 9.99 Å². The van der Waals surface area contributed by atoms with Crippen molar-refractivity contribution in [2.75, 3.05) is 6.61 Å². The van der Waals surface area contributed by atoms with Crippen LogP contribution in [-0.4, -0.2) is 34.2 Å². The number of carbonyl (C=O) groups is 2. The number of carboxylic acid groups (broad SMARTS) is 1. The summed E-state index contributed by atoms with van der Waals surface area (Å²) < 4.78 is 6.47. The second-order valence-electron chi connectivity index (χ2n) is 7.54. The molecule has 33 heavy (non-hydrogen) atoms. The average Bonchev–Trinajstić information content (AvgIpc) is 3.23. The van der Waals surface area contributed by atoms with Gasteiger partial charge in [0.25, 0.3) is 0 Å². The van der Waals surface area contributed by atoms with Crippen molar-refractivity contribution in [3.05, 3.63) is 69.3 Å². The van der Waals surface area contributed by atoms with Crippen LogP contribution in [-0.2, 0) is 9.59 Å². The fourth-order valence-corrected chi connectivity index (χ4v) is 4.29. The summed E-state index contributed by atoms with van der Waals surface area (Å²) >= 11 is 9.99. The predicted molar refractivity (Wildman–Crippen MR) is 127 cm³/mol. The number of amides is 1. The molecule has 0 unspecified atom stereocenters. The number of ether oxygens (including phenoxy) is 1. The van der Waals surface area contributed by atoms with E-state index in [1.165, 1.54) is 5.01 Å². The highest BCUT2D eigenvalue weighted by atomic mass is 79.9. The van der Waals surface area contributed by atoms with Crippen LogP contribution in [0.2, 0.25) is 5.15 Å². The van der Waals surface area contributed by atoms with Crippen LogP contribution in [0.4, 0.5) is 0 Å². The Morgan fingerprint density at radius 3 is 2.64 bits per heavy atom. The van der Waals surface area contributed by atoms with Gasteiger partial charge in [-0.1, -0.05) is 39.7 Å². The number of rotatable bonds is 7. The van der Waals surface area contributed by atoms with E-state index in [2.05, 4.69) is 26.0 Å². The normalized spacial score (nSPS) is 15.5. The van der Waals surface area contributed by atoms with E-state index in [9.17, 15) is 14.7 Å². The minimum absolute atomic E-state index is 0.216. The monoisotopic (exact) mass is 528 g/mol. The van der Waals surface area contributed by atoms with Crippen molar-refractivity contribution in [1.82, 2.24) is 9.99 Å². The number of fused-ring (bicyclic) bond motifs is 1. The Balaban J connectivity index is 1.71. The zero-order valence-electron chi connectivity index (χ0n) is 17.8. The highest BCUT2D eigenvalue weighted by molar-refractivity contribution is 9.10. The summed E-state index contributed by atoms with van der Waals surface area (Å²) in [6, 6.07) is 14.6. The molecule has 0 spiro atoms. The standard InChI is InChI=1S/C24H21BrClN3O4/c1-2-33-17-8-5-15-11-18(24(26)27-19(15)12-17)21-13-20(14-3-6-16(25)7-4-14)28-29(21)22(30)9-10-23(31)32/h3-8,11-12,21H,2,9-10,13H2,1H3,(H,31,32)/p-1/t21-/m1/s1. The number of carbonyl (C=O) groups excluding carboxylic acids is 2. The molecule has 2 aromatic carbocycles. The quantitative estimate of drug-likeness (QED) is 0.426. The van der Waals surface area contributed by atoms with Gasteiger partial charge in [-0.15, -0.1) is 0 Å². The number of aromatic nitrogens is 1. The summed E-state index contributed by atoms with van der Waals surface area (Å²) in [5, 5.41) is 17.9. The molecule has 1 aliphatic rings. The average molecular weight is 530 g/mol. The number of hydrogen-bond acceptors (Lipinski definition) is 6. The van der Waals surface area contributed by atoms with Gasteiger partial charge in [-0.05, 0) is 49.2 Å². The molecule has 0 saturated carbocycles. The topological polar surface area (TPSA) is 94.9 Å². The highest BCUT2D eigenvalue weighted by Gasteiger charge is 2.34. The maximum Gasteiger partial charge on any atom is 0.243 e. The third-order valence-corrected chi connectivity index (χ3v) is 6.16. The molecule has 0 fully saturated rings. The molecule has 0 saturated heterocycles. The lowest BCUT2D eigenvalue weighted by Crippen LogP contribution is -2.30. The molecule has 0 aliphatic carbocycles. The van der Waals surface area contributed by atoms with Crippen LogP contribution in [0, 0.1) is 0 Å². The van der Waals surface area contributed by atoms with E-state index in [0.717, 1.165) is 15.4 Å². The summed E-state index contributed by atoms with van der Waals surface area (Å²) in [7, 11) is 0. The van der Waals surface area contributed by atoms with Crippen LogP contribution in [0.15, 0.2) is 58.1 Å². The van der Waals surface area contributed by atoms with Gasteiger partial charge in [0.15, 0.2) is 0 Å². The first-order chi connectivity index (χ1) is 15.9. The first kappa shape index (κ1) is 23.2. The molecule has 1 amide bonds. The number of nitrogens with zero attached hydrogens (tertiary/aromatic N) is 3. The van der Waals surface area contributed by atoms with Crippen LogP contribution in [0.5, 0.6) is 5.75 Å². The Bertz CT molecular complexity index is 1250. The van der Waals surface area contributed by atoms with E-state index in [1.54, 1.807) is 0 Å². The van der Waals surface area contributed by atoms with Gasteiger partial charge in [0, 0.05) is 40.3 Å². The van der Waals surface area contributed by atoms with Gasteiger partial charge >= 0.3 is 0 Å². The molecule has 0 bridgehead atoms. The van der Waals surface area contributed by atoms with Crippen LogP contribution in [0.3, 0.4) is 0 Å². The SMILES string of the molecule is CCOc1ccc2cc([C@H]3CC(c4ccc(Br)cc4)=NN3C(=O)CCC(=O)[O-])c(Cl)nc2c1. The molecule has 9 heteroatoms. The lowest BCUT2D eigenvalue weighted by molar-refractivity contribution is -0.305. The molecule has 7 nitrogen and oxygen atoms in total. The lowest BCUT2D eigenvalue weighted by Gasteiger charge is -2.23. The summed E-state index contributed by atoms with van der Waals surface area (Å²) in [6.45, 7) is 2.45. The Hall–Kier alpha value is -2.97. The smallest absolute Gasteiger partial charge is 0.243 e. The number of aliphatic carboxylic acids is 1. The second-order valence-corrected chi connectivity index (χ2v) is 8.81. The van der Waals surface area contributed by atoms with Crippen molar-refractivity contribution in [1.29, 1.82) is 0 Å². The fourth-order valence-electron chi connectivity index (χ4n) is 3.75. The van der Waals surface area contributed by atoms with Gasteiger partial charge in [-0.2, -0.15) is 5.10 Å². The van der Waals surface area contributed by atoms with E-state index < -0.39 is 17.9 Å². The maximum atomic E-state index is 12.9. The van der Waals surface area contributed by atoms with E-state index in [1.807, 2.05) is 55.5 Å². The Morgan fingerprint density at radius 2 is 1.94 bits per heavy atom. The molecule has 1 atom stereocenters. The van der Waals surface area contributed by atoms with Gasteiger partial charge in [0.2, 0.25) is 5.91 Å². The fraction of sp³-hybridized carbons (Fsp3) is 0.250. The van der Waals surface area contributed by atoms with E-state index >= 15 is 0 Å². The van der Waals surface area contributed by atoms with Crippen molar-refractivity contribution in [3.8, 4) is 5.75 Å². The minimum Gasteiger partial charge on any atom is -0.550 e. The van der Waals surface area contributed by atoms with Crippen molar-refractivity contribution < 1.29 is 19.4 Å². The number of benzene rings is 2. The predicted octanol–water partition coefficient (Wildman–Crippen LogP) is 4.26. The Kier molecular flexibility index (Phi) is 6.95. The van der Waals surface area contributed by atoms with Crippen molar-refractivity contribution in [3.63, 3.8) is 0 Å². The summed E-state index contributed by atoms with van der Waals surface area (Å²) in [5.74, 6) is -1.01. The number of hydrazone groups is 1. The van der Waals surface area contributed by atoms with Crippen molar-refractivity contribution in [2.45, 2.75) is 32.2 Å². The van der Waals surface area contributed by atoms with Gasteiger partial charge in [0.05, 0.1) is 23.9 Å². The number of halogens is 2. The molecule has 1 aromatic heterocycles. The van der Waals surface area contributed by atoms with Crippen LogP contribution in [0.1, 0.15) is 43.4 Å². The molecular formula is C24H20BrClN3O4-. The molecule has 170 valence electrons. The Labute approximate surface area is 204 Å². The van der Waals surface area contributed by atoms with E-state index in [0.29, 0.717) is 35.6 Å². The first-order valence-corrected chi connectivity index (χ1v) is 11.6. The van der Waals surface area contributed by atoms with E-state index in [-0.39, 0.29) is 18.0 Å². The highest BCUT2D eigenvalue weighted by Crippen LogP contribution is 2.38. The maximum absolute atomic E-state index is 12.9. The van der Waals surface area contributed by atoms with Gasteiger partial charge in [0.1, 0.15) is 10.9 Å². The molecular weight excluding hydrogens is 510 g/mol. The second kappa shape index (κ2) is 9.89. The molecule has 1 aliphatic heterocycles. The summed E-state index contributed by atoms with van der Waals surface area (Å²) in [6.07, 6.45) is -0.177. The van der Waals surface area contributed by atoms with Crippen molar-refractivity contribution >= 4 is 56.0 Å². The molecule has 0 N–H and O–H groups in total. The molecule has 3 aromatic rings. The number of carboxylic acids is 1. The van der Waals surface area contributed by atoms with Crippen LogP contribution >= 0.6 is 27.5 Å². The van der Waals surface area contributed by atoms with Gasteiger partial charge in [-0.3, -0.25) is 4.79 Å². The zero-order chi connectivity index (χ0) is 23.5. The van der Waals surface area contributed by atoms with Crippen molar-refractivity contribution in [2.24, 2.45) is 5.10 Å². The molecule has 4 rings (SSSR count).